The molecule has 0 radical (unpaired) electrons. The van der Waals surface area contributed by atoms with E-state index in [-0.39, 0.29) is 0 Å². The van der Waals surface area contributed by atoms with Crippen molar-refractivity contribution in [2.75, 3.05) is 0 Å². The lowest BCUT2D eigenvalue weighted by atomic mass is 10.2. The van der Waals surface area contributed by atoms with Crippen LogP contribution in [0, 0.1) is 0 Å². The van der Waals surface area contributed by atoms with E-state index in [1.165, 1.54) is 0 Å². The van der Waals surface area contributed by atoms with Crippen LogP contribution in [-0.4, -0.2) is 11.1 Å². The van der Waals surface area contributed by atoms with E-state index in [0.29, 0.717) is 18.3 Å². The first-order valence-electron chi connectivity index (χ1n) is 4.85. The third kappa shape index (κ3) is 3.00. The molecular formula is C11H16BrNO. The smallest absolute Gasteiger partial charge is 0.134 e. The Morgan fingerprint density at radius 3 is 2.86 bits per heavy atom. The second kappa shape index (κ2) is 5.37. The van der Waals surface area contributed by atoms with Gasteiger partial charge in [-0.1, -0.05) is 19.1 Å². The third-order valence-electron chi connectivity index (χ3n) is 2.32. The molecule has 2 nitrogen and oxygen atoms in total. The molecule has 14 heavy (non-hydrogen) atoms. The van der Waals surface area contributed by atoms with E-state index in [1.807, 2.05) is 18.2 Å². The summed E-state index contributed by atoms with van der Waals surface area (Å²) in [5, 5.41) is 13.0. The molecule has 3 heteroatoms. The molecule has 0 amide bonds. The van der Waals surface area contributed by atoms with Gasteiger partial charge in [0.1, 0.15) is 5.75 Å². The molecule has 0 aliphatic heterocycles. The van der Waals surface area contributed by atoms with Crippen LogP contribution in [0.5, 0.6) is 5.75 Å². The van der Waals surface area contributed by atoms with Crippen molar-refractivity contribution in [1.29, 1.82) is 0 Å². The molecule has 0 saturated heterocycles. The summed E-state index contributed by atoms with van der Waals surface area (Å²) in [4.78, 5) is 0. The van der Waals surface area contributed by atoms with Crippen molar-refractivity contribution in [1.82, 2.24) is 5.32 Å². The van der Waals surface area contributed by atoms with Crippen LogP contribution < -0.4 is 5.32 Å². The standard InChI is InChI=1S/C11H16BrNO/c1-3-8(2)13-7-9-5-4-6-10(12)11(9)14/h4-6,8,13-14H,3,7H2,1-2H3/t8-/m0/s1. The number of phenolic OH excluding ortho intramolecular Hbond substituents is 1. The van der Waals surface area contributed by atoms with Crippen LogP contribution in [0.3, 0.4) is 0 Å². The van der Waals surface area contributed by atoms with Gasteiger partial charge in [-0.05, 0) is 35.3 Å². The minimum atomic E-state index is 0.336. The molecule has 0 aliphatic rings. The van der Waals surface area contributed by atoms with E-state index in [4.69, 9.17) is 0 Å². The Balaban J connectivity index is 2.63. The maximum absolute atomic E-state index is 9.70. The zero-order chi connectivity index (χ0) is 10.6. The Morgan fingerprint density at radius 1 is 1.50 bits per heavy atom. The van der Waals surface area contributed by atoms with Crippen LogP contribution in [0.1, 0.15) is 25.8 Å². The molecular weight excluding hydrogens is 242 g/mol. The molecule has 0 saturated carbocycles. The van der Waals surface area contributed by atoms with Crippen LogP contribution in [0.15, 0.2) is 22.7 Å². The predicted molar refractivity (Wildman–Crippen MR) is 62.4 cm³/mol. The number of hydrogen-bond acceptors (Lipinski definition) is 2. The predicted octanol–water partition coefficient (Wildman–Crippen LogP) is 3.04. The van der Waals surface area contributed by atoms with Gasteiger partial charge in [-0.25, -0.2) is 0 Å². The highest BCUT2D eigenvalue weighted by molar-refractivity contribution is 9.10. The molecule has 78 valence electrons. The van der Waals surface area contributed by atoms with E-state index < -0.39 is 0 Å². The highest BCUT2D eigenvalue weighted by Crippen LogP contribution is 2.27. The van der Waals surface area contributed by atoms with Gasteiger partial charge in [0.15, 0.2) is 0 Å². The molecule has 0 bridgehead atoms. The van der Waals surface area contributed by atoms with Crippen molar-refractivity contribution < 1.29 is 5.11 Å². The second-order valence-corrected chi connectivity index (χ2v) is 4.29. The second-order valence-electron chi connectivity index (χ2n) is 3.44. The molecule has 1 atom stereocenters. The molecule has 0 aromatic heterocycles. The largest absolute Gasteiger partial charge is 0.506 e. The first kappa shape index (κ1) is 11.5. The number of rotatable bonds is 4. The molecule has 2 N–H and O–H groups in total. The summed E-state index contributed by atoms with van der Waals surface area (Å²) in [6.45, 7) is 4.98. The average Bonchev–Trinajstić information content (AvgIpc) is 2.20. The fourth-order valence-corrected chi connectivity index (χ4v) is 1.54. The topological polar surface area (TPSA) is 32.3 Å². The van der Waals surface area contributed by atoms with Gasteiger partial charge in [0.25, 0.3) is 0 Å². The van der Waals surface area contributed by atoms with Crippen LogP contribution in [-0.2, 0) is 6.54 Å². The summed E-state index contributed by atoms with van der Waals surface area (Å²) in [6, 6.07) is 6.17. The van der Waals surface area contributed by atoms with Crippen molar-refractivity contribution in [2.24, 2.45) is 0 Å². The molecule has 0 heterocycles. The van der Waals surface area contributed by atoms with E-state index >= 15 is 0 Å². The third-order valence-corrected chi connectivity index (χ3v) is 2.96. The summed E-state index contributed by atoms with van der Waals surface area (Å²) >= 11 is 3.29. The highest BCUT2D eigenvalue weighted by atomic mass is 79.9. The lowest BCUT2D eigenvalue weighted by Gasteiger charge is -2.12. The van der Waals surface area contributed by atoms with Gasteiger partial charge < -0.3 is 10.4 Å². The van der Waals surface area contributed by atoms with Crippen molar-refractivity contribution in [3.8, 4) is 5.75 Å². The first-order chi connectivity index (χ1) is 6.65. The summed E-state index contributed by atoms with van der Waals surface area (Å²) in [6.07, 6.45) is 1.09. The van der Waals surface area contributed by atoms with Crippen LogP contribution in [0.2, 0.25) is 0 Å². The zero-order valence-electron chi connectivity index (χ0n) is 8.55. The van der Waals surface area contributed by atoms with Crippen LogP contribution in [0.4, 0.5) is 0 Å². The molecule has 1 aromatic rings. The zero-order valence-corrected chi connectivity index (χ0v) is 10.1. The first-order valence-corrected chi connectivity index (χ1v) is 5.64. The van der Waals surface area contributed by atoms with Gasteiger partial charge in [-0.15, -0.1) is 0 Å². The van der Waals surface area contributed by atoms with Crippen molar-refractivity contribution in [2.45, 2.75) is 32.9 Å². The maximum atomic E-state index is 9.70. The summed E-state index contributed by atoms with van der Waals surface area (Å²) in [7, 11) is 0. The number of benzene rings is 1. The van der Waals surface area contributed by atoms with E-state index in [9.17, 15) is 5.11 Å². The SMILES string of the molecule is CC[C@H](C)NCc1cccc(Br)c1O. The van der Waals surface area contributed by atoms with E-state index in [1.54, 1.807) is 0 Å². The number of halogens is 1. The number of para-hydroxylation sites is 1. The Kier molecular flexibility index (Phi) is 4.42. The Hall–Kier alpha value is -0.540. The van der Waals surface area contributed by atoms with Crippen LogP contribution >= 0.6 is 15.9 Å². The lowest BCUT2D eigenvalue weighted by molar-refractivity contribution is 0.454. The van der Waals surface area contributed by atoms with Gasteiger partial charge in [-0.2, -0.15) is 0 Å². The van der Waals surface area contributed by atoms with Gasteiger partial charge in [-0.3, -0.25) is 0 Å². The van der Waals surface area contributed by atoms with Crippen molar-refractivity contribution >= 4 is 15.9 Å². The normalized spacial score (nSPS) is 12.8. The number of aromatic hydroxyl groups is 1. The van der Waals surface area contributed by atoms with Crippen molar-refractivity contribution in [3.05, 3.63) is 28.2 Å². The fourth-order valence-electron chi connectivity index (χ4n) is 1.13. The van der Waals surface area contributed by atoms with Gasteiger partial charge in [0.2, 0.25) is 0 Å². The van der Waals surface area contributed by atoms with Crippen LogP contribution in [0.25, 0.3) is 0 Å². The summed E-state index contributed by atoms with van der Waals surface area (Å²) < 4.78 is 0.751. The maximum Gasteiger partial charge on any atom is 0.134 e. The Labute approximate surface area is 93.5 Å². The number of phenols is 1. The average molecular weight is 258 g/mol. The van der Waals surface area contributed by atoms with Gasteiger partial charge in [0.05, 0.1) is 4.47 Å². The van der Waals surface area contributed by atoms with Gasteiger partial charge >= 0.3 is 0 Å². The van der Waals surface area contributed by atoms with Crippen molar-refractivity contribution in [3.63, 3.8) is 0 Å². The molecule has 0 fully saturated rings. The minimum absolute atomic E-state index is 0.336. The highest BCUT2D eigenvalue weighted by Gasteiger charge is 2.05. The Bertz CT molecular complexity index is 301. The summed E-state index contributed by atoms with van der Waals surface area (Å²) in [5.74, 6) is 0.336. The van der Waals surface area contributed by atoms with E-state index in [0.717, 1.165) is 16.5 Å². The quantitative estimate of drug-likeness (QED) is 0.870. The minimum Gasteiger partial charge on any atom is -0.506 e. The summed E-state index contributed by atoms with van der Waals surface area (Å²) in [5.41, 5.74) is 0.930. The molecule has 1 rings (SSSR count). The monoisotopic (exact) mass is 257 g/mol. The molecule has 0 unspecified atom stereocenters. The number of nitrogens with one attached hydrogen (secondary N) is 1. The number of hydrogen-bond donors (Lipinski definition) is 2. The van der Waals surface area contributed by atoms with Gasteiger partial charge in [0, 0.05) is 18.2 Å². The fraction of sp³-hybridized carbons (Fsp3) is 0.455. The molecule has 1 aromatic carbocycles. The molecule has 0 aliphatic carbocycles. The lowest BCUT2D eigenvalue weighted by Crippen LogP contribution is -2.24. The molecule has 0 spiro atoms. The van der Waals surface area contributed by atoms with E-state index in [2.05, 4.69) is 35.1 Å². The Morgan fingerprint density at radius 2 is 2.21 bits per heavy atom.